The van der Waals surface area contributed by atoms with Gasteiger partial charge < -0.3 is 19.3 Å². The average molecular weight is 299 g/mol. The van der Waals surface area contributed by atoms with E-state index < -0.39 is 6.10 Å². The first-order valence-electron chi connectivity index (χ1n) is 7.13. The Morgan fingerprint density at radius 2 is 2.10 bits per heavy atom. The molecule has 1 fully saturated rings. The van der Waals surface area contributed by atoms with Crippen molar-refractivity contribution in [3.05, 3.63) is 22.7 Å². The van der Waals surface area contributed by atoms with E-state index in [1.165, 1.54) is 0 Å². The number of fused-ring (bicyclic) bond motifs is 1. The molecule has 1 aromatic rings. The molecule has 0 aromatic heterocycles. The van der Waals surface area contributed by atoms with E-state index >= 15 is 0 Å². The fourth-order valence-corrected chi connectivity index (χ4v) is 2.98. The summed E-state index contributed by atoms with van der Waals surface area (Å²) in [6, 6.07) is 3.58. The van der Waals surface area contributed by atoms with Crippen LogP contribution in [-0.4, -0.2) is 31.0 Å². The fraction of sp³-hybridized carbons (Fsp3) is 0.600. The highest BCUT2D eigenvalue weighted by Gasteiger charge is 2.21. The minimum Gasteiger partial charge on any atom is -0.486 e. The van der Waals surface area contributed by atoms with E-state index in [1.54, 1.807) is 6.07 Å². The van der Waals surface area contributed by atoms with Crippen LogP contribution in [0.4, 0.5) is 0 Å². The summed E-state index contributed by atoms with van der Waals surface area (Å²) in [7, 11) is 0. The summed E-state index contributed by atoms with van der Waals surface area (Å²) < 4.78 is 16.6. The number of aliphatic hydroxyl groups excluding tert-OH is 1. The molecular formula is C15H19ClO4. The van der Waals surface area contributed by atoms with Gasteiger partial charge in [-0.3, -0.25) is 0 Å². The van der Waals surface area contributed by atoms with Crippen molar-refractivity contribution in [1.82, 2.24) is 0 Å². The minimum atomic E-state index is -0.549. The van der Waals surface area contributed by atoms with Crippen molar-refractivity contribution < 1.29 is 19.3 Å². The van der Waals surface area contributed by atoms with Crippen LogP contribution in [0, 0.1) is 0 Å². The molecule has 1 saturated heterocycles. The molecule has 0 spiro atoms. The molecule has 2 heterocycles. The molecule has 110 valence electrons. The Labute approximate surface area is 123 Å². The Bertz CT molecular complexity index is 471. The van der Waals surface area contributed by atoms with E-state index in [1.807, 2.05) is 6.07 Å². The molecule has 0 saturated carbocycles. The quantitative estimate of drug-likeness (QED) is 0.928. The molecule has 2 unspecified atom stereocenters. The van der Waals surface area contributed by atoms with E-state index in [-0.39, 0.29) is 6.10 Å². The van der Waals surface area contributed by atoms with E-state index in [2.05, 4.69) is 0 Å². The largest absolute Gasteiger partial charge is 0.486 e. The SMILES string of the molecule is OC(CCC1CCCO1)c1cc(Cl)c2c(c1)OCCO2. The van der Waals surface area contributed by atoms with Crippen molar-refractivity contribution in [3.63, 3.8) is 0 Å². The third-order valence-corrected chi connectivity index (χ3v) is 4.07. The molecule has 20 heavy (non-hydrogen) atoms. The lowest BCUT2D eigenvalue weighted by molar-refractivity contribution is 0.0810. The van der Waals surface area contributed by atoms with E-state index in [0.717, 1.165) is 31.4 Å². The molecule has 2 aliphatic rings. The molecule has 0 radical (unpaired) electrons. The predicted molar refractivity (Wildman–Crippen MR) is 75.6 cm³/mol. The van der Waals surface area contributed by atoms with Crippen LogP contribution in [0.25, 0.3) is 0 Å². The molecule has 0 amide bonds. The zero-order chi connectivity index (χ0) is 13.9. The molecule has 3 rings (SSSR count). The van der Waals surface area contributed by atoms with Crippen molar-refractivity contribution in [2.45, 2.75) is 37.9 Å². The van der Waals surface area contributed by atoms with Crippen LogP contribution >= 0.6 is 11.6 Å². The predicted octanol–water partition coefficient (Wildman–Crippen LogP) is 3.10. The van der Waals surface area contributed by atoms with Gasteiger partial charge in [0.1, 0.15) is 13.2 Å². The fourth-order valence-electron chi connectivity index (χ4n) is 2.71. The van der Waals surface area contributed by atoms with E-state index in [9.17, 15) is 5.11 Å². The van der Waals surface area contributed by atoms with Crippen LogP contribution in [0.1, 0.15) is 37.4 Å². The van der Waals surface area contributed by atoms with Crippen LogP contribution in [0.5, 0.6) is 11.5 Å². The monoisotopic (exact) mass is 298 g/mol. The summed E-state index contributed by atoms with van der Waals surface area (Å²) in [5.74, 6) is 1.20. The Morgan fingerprint density at radius 1 is 1.25 bits per heavy atom. The minimum absolute atomic E-state index is 0.289. The molecule has 0 aliphatic carbocycles. The molecule has 1 aromatic carbocycles. The molecule has 2 aliphatic heterocycles. The number of hydrogen-bond donors (Lipinski definition) is 1. The lowest BCUT2D eigenvalue weighted by Crippen LogP contribution is -2.16. The number of hydrogen-bond acceptors (Lipinski definition) is 4. The highest BCUT2D eigenvalue weighted by Crippen LogP contribution is 2.40. The van der Waals surface area contributed by atoms with Gasteiger partial charge in [-0.1, -0.05) is 11.6 Å². The second kappa shape index (κ2) is 6.20. The van der Waals surface area contributed by atoms with Crippen LogP contribution in [0.15, 0.2) is 12.1 Å². The molecule has 2 atom stereocenters. The summed E-state index contributed by atoms with van der Waals surface area (Å²) in [6.45, 7) is 1.86. The normalized spacial score (nSPS) is 22.8. The third kappa shape index (κ3) is 3.03. The van der Waals surface area contributed by atoms with E-state index in [4.69, 9.17) is 25.8 Å². The van der Waals surface area contributed by atoms with Gasteiger partial charge in [0, 0.05) is 6.61 Å². The Kier molecular flexibility index (Phi) is 4.34. The second-order valence-electron chi connectivity index (χ2n) is 5.26. The summed E-state index contributed by atoms with van der Waals surface area (Å²) in [6.07, 6.45) is 3.49. The number of aliphatic hydroxyl groups is 1. The Hall–Kier alpha value is -0.970. The molecule has 5 heteroatoms. The molecule has 4 nitrogen and oxygen atoms in total. The topological polar surface area (TPSA) is 47.9 Å². The zero-order valence-electron chi connectivity index (χ0n) is 11.3. The third-order valence-electron chi connectivity index (χ3n) is 3.79. The lowest BCUT2D eigenvalue weighted by atomic mass is 10.0. The molecule has 0 bridgehead atoms. The lowest BCUT2D eigenvalue weighted by Gasteiger charge is -2.22. The van der Waals surface area contributed by atoms with Gasteiger partial charge in [0.05, 0.1) is 17.2 Å². The first kappa shape index (κ1) is 14.0. The highest BCUT2D eigenvalue weighted by atomic mass is 35.5. The summed E-state index contributed by atoms with van der Waals surface area (Å²) in [5.41, 5.74) is 0.775. The smallest absolute Gasteiger partial charge is 0.179 e. The zero-order valence-corrected chi connectivity index (χ0v) is 12.1. The van der Waals surface area contributed by atoms with Gasteiger partial charge in [0.15, 0.2) is 11.5 Å². The van der Waals surface area contributed by atoms with Crippen molar-refractivity contribution in [2.75, 3.05) is 19.8 Å². The molecular weight excluding hydrogens is 280 g/mol. The maximum absolute atomic E-state index is 10.3. The van der Waals surface area contributed by atoms with Gasteiger partial charge >= 0.3 is 0 Å². The maximum Gasteiger partial charge on any atom is 0.179 e. The first-order chi connectivity index (χ1) is 9.74. The Morgan fingerprint density at radius 3 is 2.90 bits per heavy atom. The van der Waals surface area contributed by atoms with Crippen LogP contribution in [-0.2, 0) is 4.74 Å². The van der Waals surface area contributed by atoms with Gasteiger partial charge in [-0.2, -0.15) is 0 Å². The van der Waals surface area contributed by atoms with Crippen LogP contribution < -0.4 is 9.47 Å². The Balaban J connectivity index is 1.67. The van der Waals surface area contributed by atoms with Crippen LogP contribution in [0.3, 0.4) is 0 Å². The molecule has 1 N–H and O–H groups in total. The van der Waals surface area contributed by atoms with Crippen molar-refractivity contribution in [1.29, 1.82) is 0 Å². The van der Waals surface area contributed by atoms with Gasteiger partial charge in [-0.05, 0) is 43.4 Å². The first-order valence-corrected chi connectivity index (χ1v) is 7.50. The maximum atomic E-state index is 10.3. The number of benzene rings is 1. The van der Waals surface area contributed by atoms with Gasteiger partial charge in [0.25, 0.3) is 0 Å². The number of halogens is 1. The summed E-state index contributed by atoms with van der Waals surface area (Å²) in [5, 5.41) is 10.8. The number of ether oxygens (including phenoxy) is 3. The van der Waals surface area contributed by atoms with Gasteiger partial charge in [-0.25, -0.2) is 0 Å². The van der Waals surface area contributed by atoms with Gasteiger partial charge in [-0.15, -0.1) is 0 Å². The average Bonchev–Trinajstić information content (AvgIpc) is 2.98. The van der Waals surface area contributed by atoms with Crippen molar-refractivity contribution in [3.8, 4) is 11.5 Å². The van der Waals surface area contributed by atoms with Crippen LogP contribution in [0.2, 0.25) is 5.02 Å². The summed E-state index contributed by atoms with van der Waals surface area (Å²) in [4.78, 5) is 0. The standard InChI is InChI=1S/C15H19ClO4/c16-12-8-10(9-14-15(12)20-7-6-19-14)13(17)4-3-11-2-1-5-18-11/h8-9,11,13,17H,1-7H2. The van der Waals surface area contributed by atoms with Gasteiger partial charge in [0.2, 0.25) is 0 Å². The number of rotatable bonds is 4. The van der Waals surface area contributed by atoms with Crippen molar-refractivity contribution in [2.24, 2.45) is 0 Å². The second-order valence-corrected chi connectivity index (χ2v) is 5.66. The van der Waals surface area contributed by atoms with E-state index in [0.29, 0.717) is 36.2 Å². The van der Waals surface area contributed by atoms with Crippen molar-refractivity contribution >= 4 is 11.6 Å². The summed E-state index contributed by atoms with van der Waals surface area (Å²) >= 11 is 6.18. The highest BCUT2D eigenvalue weighted by molar-refractivity contribution is 6.32.